The molecule has 1 fully saturated rings. The van der Waals surface area contributed by atoms with E-state index in [2.05, 4.69) is 5.32 Å². The first-order chi connectivity index (χ1) is 14.4. The third-order valence-electron chi connectivity index (χ3n) is 4.83. The lowest BCUT2D eigenvalue weighted by atomic mass is 10.1. The lowest BCUT2D eigenvalue weighted by Crippen LogP contribution is -2.28. The van der Waals surface area contributed by atoms with E-state index >= 15 is 0 Å². The molecule has 10 nitrogen and oxygen atoms in total. The summed E-state index contributed by atoms with van der Waals surface area (Å²) >= 11 is 0. The highest BCUT2D eigenvalue weighted by Gasteiger charge is 2.37. The number of anilines is 2. The number of carbonyl (C=O) groups is 2. The second-order valence-corrected chi connectivity index (χ2v) is 6.57. The van der Waals surface area contributed by atoms with Crippen molar-refractivity contribution in [2.24, 2.45) is 5.92 Å². The predicted molar refractivity (Wildman–Crippen MR) is 108 cm³/mol. The largest absolute Gasteiger partial charge is 0.497 e. The quantitative estimate of drug-likeness (QED) is 0.545. The molecular weight excluding hydrogens is 394 g/mol. The van der Waals surface area contributed by atoms with Gasteiger partial charge in [0.25, 0.3) is 5.69 Å². The number of nitro groups is 1. The van der Waals surface area contributed by atoms with Crippen molar-refractivity contribution in [1.29, 1.82) is 0 Å². The third-order valence-corrected chi connectivity index (χ3v) is 4.83. The molecule has 1 aliphatic heterocycles. The zero-order valence-electron chi connectivity index (χ0n) is 16.7. The van der Waals surface area contributed by atoms with Gasteiger partial charge < -0.3 is 24.4 Å². The SMILES string of the molecule is COc1ccc(NC(=O)[C@H]2CC(=O)N(c3ccc([N+](=O)[O-])cc3OC)C2)c(OC)c1. The Hall–Kier alpha value is -3.82. The Morgan fingerprint density at radius 1 is 1.10 bits per heavy atom. The number of non-ortho nitro benzene ring substituents is 1. The number of hydrogen-bond donors (Lipinski definition) is 1. The smallest absolute Gasteiger partial charge is 0.273 e. The maximum Gasteiger partial charge on any atom is 0.273 e. The highest BCUT2D eigenvalue weighted by atomic mass is 16.6. The van der Waals surface area contributed by atoms with Crippen molar-refractivity contribution in [3.05, 3.63) is 46.5 Å². The number of amides is 2. The molecule has 1 aliphatic rings. The fourth-order valence-electron chi connectivity index (χ4n) is 3.26. The lowest BCUT2D eigenvalue weighted by Gasteiger charge is -2.19. The Kier molecular flexibility index (Phi) is 6.05. The highest BCUT2D eigenvalue weighted by Crippen LogP contribution is 2.36. The van der Waals surface area contributed by atoms with Crippen LogP contribution in [0.25, 0.3) is 0 Å². The van der Waals surface area contributed by atoms with Crippen LogP contribution in [0.2, 0.25) is 0 Å². The molecule has 10 heteroatoms. The molecule has 1 N–H and O–H groups in total. The summed E-state index contributed by atoms with van der Waals surface area (Å²) in [5.74, 6) is -0.0166. The maximum atomic E-state index is 12.8. The van der Waals surface area contributed by atoms with E-state index in [0.717, 1.165) is 0 Å². The number of nitro benzene ring substituents is 1. The van der Waals surface area contributed by atoms with Crippen LogP contribution in [0.15, 0.2) is 36.4 Å². The fraction of sp³-hybridized carbons (Fsp3) is 0.300. The number of benzene rings is 2. The molecule has 0 aliphatic carbocycles. The number of rotatable bonds is 7. The Labute approximate surface area is 172 Å². The van der Waals surface area contributed by atoms with Gasteiger partial charge in [-0.2, -0.15) is 0 Å². The second kappa shape index (κ2) is 8.68. The number of methoxy groups -OCH3 is 3. The van der Waals surface area contributed by atoms with Gasteiger partial charge in [-0.1, -0.05) is 0 Å². The number of nitrogens with zero attached hydrogens (tertiary/aromatic N) is 2. The standard InChI is InChI=1S/C20H21N3O7/c1-28-14-5-6-15(17(10-14)29-2)21-20(25)12-8-19(24)22(11-12)16-7-4-13(23(26)27)9-18(16)30-3/h4-7,9-10,12H,8,11H2,1-3H3,(H,21,25)/t12-/m0/s1. The molecular formula is C20H21N3O7. The van der Waals surface area contributed by atoms with Crippen LogP contribution in [0, 0.1) is 16.0 Å². The van der Waals surface area contributed by atoms with Gasteiger partial charge in [-0.25, -0.2) is 0 Å². The number of carbonyl (C=O) groups excluding carboxylic acids is 2. The van der Waals surface area contributed by atoms with E-state index in [1.165, 1.54) is 44.4 Å². The van der Waals surface area contributed by atoms with Crippen molar-refractivity contribution in [3.8, 4) is 17.2 Å². The lowest BCUT2D eigenvalue weighted by molar-refractivity contribution is -0.384. The van der Waals surface area contributed by atoms with Gasteiger partial charge in [0.05, 0.1) is 49.6 Å². The highest BCUT2D eigenvalue weighted by molar-refractivity contribution is 6.04. The molecule has 2 aromatic rings. The van der Waals surface area contributed by atoms with Crippen molar-refractivity contribution in [2.75, 3.05) is 38.1 Å². The summed E-state index contributed by atoms with van der Waals surface area (Å²) in [4.78, 5) is 37.1. The Morgan fingerprint density at radius 2 is 1.83 bits per heavy atom. The summed E-state index contributed by atoms with van der Waals surface area (Å²) in [6, 6.07) is 8.97. The van der Waals surface area contributed by atoms with Gasteiger partial charge in [-0.15, -0.1) is 0 Å². The number of ether oxygens (including phenoxy) is 3. The summed E-state index contributed by atoms with van der Waals surface area (Å²) in [6.45, 7) is 0.122. The van der Waals surface area contributed by atoms with Gasteiger partial charge in [-0.3, -0.25) is 19.7 Å². The van der Waals surface area contributed by atoms with Crippen molar-refractivity contribution in [1.82, 2.24) is 0 Å². The van der Waals surface area contributed by atoms with E-state index in [0.29, 0.717) is 22.9 Å². The van der Waals surface area contributed by atoms with Gasteiger partial charge in [0, 0.05) is 25.1 Å². The van der Waals surface area contributed by atoms with Gasteiger partial charge in [0.1, 0.15) is 17.2 Å². The first-order valence-electron chi connectivity index (χ1n) is 9.03. The van der Waals surface area contributed by atoms with Crippen LogP contribution in [-0.2, 0) is 9.59 Å². The van der Waals surface area contributed by atoms with E-state index < -0.39 is 10.8 Å². The summed E-state index contributed by atoms with van der Waals surface area (Å²) in [6.07, 6.45) is 0.00441. The van der Waals surface area contributed by atoms with Crippen LogP contribution >= 0.6 is 0 Å². The van der Waals surface area contributed by atoms with E-state index in [1.54, 1.807) is 18.2 Å². The molecule has 0 unspecified atom stereocenters. The molecule has 1 atom stereocenters. The van der Waals surface area contributed by atoms with E-state index in [-0.39, 0.29) is 36.2 Å². The summed E-state index contributed by atoms with van der Waals surface area (Å²) in [5.41, 5.74) is 0.690. The molecule has 0 bridgehead atoms. The number of hydrogen-bond acceptors (Lipinski definition) is 7. The minimum atomic E-state index is -0.607. The minimum Gasteiger partial charge on any atom is -0.497 e. The average Bonchev–Trinajstić information content (AvgIpc) is 3.14. The van der Waals surface area contributed by atoms with Crippen molar-refractivity contribution in [3.63, 3.8) is 0 Å². The van der Waals surface area contributed by atoms with Crippen LogP contribution in [-0.4, -0.2) is 44.6 Å². The topological polar surface area (TPSA) is 120 Å². The molecule has 158 valence electrons. The van der Waals surface area contributed by atoms with Crippen LogP contribution < -0.4 is 24.4 Å². The molecule has 1 saturated heterocycles. The van der Waals surface area contributed by atoms with Crippen molar-refractivity contribution < 1.29 is 28.7 Å². The molecule has 2 aromatic carbocycles. The molecule has 1 heterocycles. The third kappa shape index (κ3) is 4.12. The van der Waals surface area contributed by atoms with Crippen LogP contribution in [0.5, 0.6) is 17.2 Å². The van der Waals surface area contributed by atoms with E-state index in [4.69, 9.17) is 14.2 Å². The van der Waals surface area contributed by atoms with E-state index in [1.807, 2.05) is 0 Å². The zero-order chi connectivity index (χ0) is 21.8. The second-order valence-electron chi connectivity index (χ2n) is 6.57. The summed E-state index contributed by atoms with van der Waals surface area (Å²) < 4.78 is 15.6. The normalized spacial score (nSPS) is 15.6. The van der Waals surface area contributed by atoms with Crippen LogP contribution in [0.1, 0.15) is 6.42 Å². The molecule has 0 radical (unpaired) electrons. The Morgan fingerprint density at radius 3 is 2.47 bits per heavy atom. The van der Waals surface area contributed by atoms with Crippen molar-refractivity contribution >= 4 is 28.9 Å². The minimum absolute atomic E-state index is 0.00441. The first-order valence-corrected chi connectivity index (χ1v) is 9.03. The molecule has 0 spiro atoms. The monoisotopic (exact) mass is 415 g/mol. The van der Waals surface area contributed by atoms with E-state index in [9.17, 15) is 19.7 Å². The average molecular weight is 415 g/mol. The Bertz CT molecular complexity index is 992. The predicted octanol–water partition coefficient (Wildman–Crippen LogP) is 2.61. The molecule has 2 amide bonds. The molecule has 3 rings (SSSR count). The molecule has 0 aromatic heterocycles. The number of nitrogens with one attached hydrogen (secondary N) is 1. The van der Waals surface area contributed by atoms with Gasteiger partial charge in [0.2, 0.25) is 11.8 Å². The maximum absolute atomic E-state index is 12.8. The first kappa shape index (κ1) is 20.9. The van der Waals surface area contributed by atoms with Gasteiger partial charge >= 0.3 is 0 Å². The summed E-state index contributed by atoms with van der Waals surface area (Å²) in [5, 5.41) is 13.8. The van der Waals surface area contributed by atoms with Gasteiger partial charge in [-0.05, 0) is 18.2 Å². The van der Waals surface area contributed by atoms with Crippen LogP contribution in [0.4, 0.5) is 17.1 Å². The molecule has 30 heavy (non-hydrogen) atoms. The van der Waals surface area contributed by atoms with Crippen molar-refractivity contribution in [2.45, 2.75) is 6.42 Å². The summed E-state index contributed by atoms with van der Waals surface area (Å²) in [7, 11) is 4.37. The fourth-order valence-corrected chi connectivity index (χ4v) is 3.26. The van der Waals surface area contributed by atoms with Gasteiger partial charge in [0.15, 0.2) is 0 Å². The zero-order valence-corrected chi connectivity index (χ0v) is 16.7. The molecule has 0 saturated carbocycles. The van der Waals surface area contributed by atoms with Crippen LogP contribution in [0.3, 0.4) is 0 Å². The Balaban J connectivity index is 1.77.